The Balaban J connectivity index is 1.51. The average Bonchev–Trinajstić information content (AvgIpc) is 3.41. The van der Waals surface area contributed by atoms with Crippen molar-refractivity contribution in [1.82, 2.24) is 9.55 Å². The maximum absolute atomic E-state index is 13.8. The van der Waals surface area contributed by atoms with Crippen LogP contribution in [0.3, 0.4) is 0 Å². The lowest BCUT2D eigenvalue weighted by Crippen LogP contribution is -2.11. The Morgan fingerprint density at radius 2 is 2.00 bits per heavy atom. The molecule has 5 heteroatoms. The van der Waals surface area contributed by atoms with Crippen LogP contribution in [0.5, 0.6) is 0 Å². The Morgan fingerprint density at radius 1 is 1.18 bits per heavy atom. The minimum atomic E-state index is -0.299. The van der Waals surface area contributed by atoms with Crippen molar-refractivity contribution in [1.29, 1.82) is 0 Å². The molecule has 1 saturated carbocycles. The van der Waals surface area contributed by atoms with E-state index < -0.39 is 0 Å². The van der Waals surface area contributed by atoms with Gasteiger partial charge in [-0.25, -0.2) is 9.37 Å². The highest BCUT2D eigenvalue weighted by Crippen LogP contribution is 2.27. The highest BCUT2D eigenvalue weighted by atomic mass is 19.1. The van der Waals surface area contributed by atoms with E-state index in [1.165, 1.54) is 18.9 Å². The molecule has 4 rings (SSSR count). The first-order chi connectivity index (χ1) is 13.8. The van der Waals surface area contributed by atoms with Gasteiger partial charge < -0.3 is 9.40 Å². The number of imidazole rings is 1. The van der Waals surface area contributed by atoms with E-state index in [4.69, 9.17) is 4.84 Å². The number of hydrogen-bond donors (Lipinski definition) is 0. The first-order valence-electron chi connectivity index (χ1n) is 9.28. The van der Waals surface area contributed by atoms with Crippen LogP contribution in [-0.4, -0.2) is 15.3 Å². The van der Waals surface area contributed by atoms with Crippen molar-refractivity contribution in [3.05, 3.63) is 89.8 Å². The van der Waals surface area contributed by atoms with Gasteiger partial charge in [0.1, 0.15) is 18.1 Å². The molecule has 28 heavy (non-hydrogen) atoms. The van der Waals surface area contributed by atoms with Gasteiger partial charge in [0.05, 0.1) is 12.9 Å². The maximum atomic E-state index is 13.8. The van der Waals surface area contributed by atoms with Gasteiger partial charge in [-0.3, -0.25) is 0 Å². The summed E-state index contributed by atoms with van der Waals surface area (Å²) >= 11 is 0. The van der Waals surface area contributed by atoms with E-state index in [9.17, 15) is 4.39 Å². The highest BCUT2D eigenvalue weighted by molar-refractivity contribution is 6.00. The van der Waals surface area contributed by atoms with Crippen LogP contribution in [0, 0.1) is 23.6 Å². The second-order valence-corrected chi connectivity index (χ2v) is 6.76. The predicted molar refractivity (Wildman–Crippen MR) is 106 cm³/mol. The van der Waals surface area contributed by atoms with Crippen LogP contribution in [0.4, 0.5) is 4.39 Å². The topological polar surface area (TPSA) is 39.4 Å². The van der Waals surface area contributed by atoms with Crippen LogP contribution in [0.2, 0.25) is 0 Å². The zero-order valence-electron chi connectivity index (χ0n) is 15.4. The van der Waals surface area contributed by atoms with Crippen molar-refractivity contribution in [3.63, 3.8) is 0 Å². The second kappa shape index (κ2) is 8.53. The molecule has 1 aromatic heterocycles. The molecule has 2 aromatic carbocycles. The minimum Gasteiger partial charge on any atom is -0.391 e. The van der Waals surface area contributed by atoms with Gasteiger partial charge in [0.2, 0.25) is 0 Å². The summed E-state index contributed by atoms with van der Waals surface area (Å²) in [4.78, 5) is 9.54. The number of halogens is 1. The monoisotopic (exact) mass is 373 g/mol. The molecule has 3 aromatic rings. The molecule has 0 saturated heterocycles. The lowest BCUT2D eigenvalue weighted by atomic mass is 10.1. The van der Waals surface area contributed by atoms with E-state index in [-0.39, 0.29) is 12.4 Å². The van der Waals surface area contributed by atoms with Crippen LogP contribution in [-0.2, 0) is 18.0 Å². The molecule has 1 heterocycles. The molecule has 1 aliphatic carbocycles. The van der Waals surface area contributed by atoms with Crippen molar-refractivity contribution in [2.75, 3.05) is 0 Å². The van der Waals surface area contributed by atoms with Gasteiger partial charge in [0.15, 0.2) is 0 Å². The van der Waals surface area contributed by atoms with Crippen LogP contribution in [0.1, 0.15) is 29.5 Å². The molecule has 0 spiro atoms. The first-order valence-corrected chi connectivity index (χ1v) is 9.28. The van der Waals surface area contributed by atoms with Crippen LogP contribution in [0.25, 0.3) is 0 Å². The van der Waals surface area contributed by atoms with Crippen LogP contribution < -0.4 is 0 Å². The van der Waals surface area contributed by atoms with Crippen molar-refractivity contribution in [3.8, 4) is 11.8 Å². The third-order valence-electron chi connectivity index (χ3n) is 4.46. The van der Waals surface area contributed by atoms with Crippen LogP contribution >= 0.6 is 0 Å². The molecule has 1 aliphatic rings. The van der Waals surface area contributed by atoms with Gasteiger partial charge in [-0.1, -0.05) is 47.3 Å². The quantitative estimate of drug-likeness (QED) is 0.365. The molecule has 0 aliphatic heterocycles. The highest BCUT2D eigenvalue weighted by Gasteiger charge is 2.17. The van der Waals surface area contributed by atoms with Gasteiger partial charge in [-0.05, 0) is 31.0 Å². The zero-order valence-corrected chi connectivity index (χ0v) is 15.4. The fourth-order valence-electron chi connectivity index (χ4n) is 2.68. The number of hydrogen-bond acceptors (Lipinski definition) is 3. The number of oxime groups is 1. The summed E-state index contributed by atoms with van der Waals surface area (Å²) in [6.45, 7) is 0.579. The number of benzene rings is 2. The molecule has 0 N–H and O–H groups in total. The molecule has 0 unspecified atom stereocenters. The molecular weight excluding hydrogens is 353 g/mol. The summed E-state index contributed by atoms with van der Waals surface area (Å²) in [5.41, 5.74) is 3.12. The fourth-order valence-corrected chi connectivity index (χ4v) is 2.68. The Morgan fingerprint density at radius 3 is 2.71 bits per heavy atom. The van der Waals surface area contributed by atoms with Crippen LogP contribution in [0.15, 0.2) is 72.4 Å². The zero-order chi connectivity index (χ0) is 19.2. The summed E-state index contributed by atoms with van der Waals surface area (Å²) in [5, 5.41) is 4.28. The van der Waals surface area contributed by atoms with Gasteiger partial charge in [0, 0.05) is 35.0 Å². The third-order valence-corrected chi connectivity index (χ3v) is 4.46. The summed E-state index contributed by atoms with van der Waals surface area (Å²) in [5.74, 6) is 6.75. The fraction of sp³-hybridized carbons (Fsp3) is 0.217. The smallest absolute Gasteiger partial charge is 0.145 e. The van der Waals surface area contributed by atoms with E-state index in [1.807, 2.05) is 35.0 Å². The van der Waals surface area contributed by atoms with Crippen molar-refractivity contribution in [2.45, 2.75) is 26.0 Å². The minimum absolute atomic E-state index is 0.0745. The van der Waals surface area contributed by atoms with E-state index in [0.717, 1.165) is 16.8 Å². The SMILES string of the molecule is Fc1ccccc1CO/N=C(\Cn1ccnc1)c1ccc(C#CC2CC2)cc1. The molecule has 0 radical (unpaired) electrons. The number of aromatic nitrogens is 2. The normalized spacial score (nSPS) is 13.7. The summed E-state index contributed by atoms with van der Waals surface area (Å²) < 4.78 is 15.7. The first kappa shape index (κ1) is 18.0. The van der Waals surface area contributed by atoms with E-state index in [2.05, 4.69) is 22.0 Å². The van der Waals surface area contributed by atoms with E-state index >= 15 is 0 Å². The Hall–Kier alpha value is -3.39. The third kappa shape index (κ3) is 4.86. The van der Waals surface area contributed by atoms with Crippen molar-refractivity contribution in [2.24, 2.45) is 11.1 Å². The molecule has 1 fully saturated rings. The predicted octanol–water partition coefficient (Wildman–Crippen LogP) is 4.40. The average molecular weight is 373 g/mol. The van der Waals surface area contributed by atoms with Crippen molar-refractivity contribution >= 4 is 5.71 Å². The molecule has 140 valence electrons. The Kier molecular flexibility index (Phi) is 5.48. The van der Waals surface area contributed by atoms with Gasteiger partial charge in [0.25, 0.3) is 0 Å². The largest absolute Gasteiger partial charge is 0.391 e. The van der Waals surface area contributed by atoms with Gasteiger partial charge in [-0.2, -0.15) is 0 Å². The number of rotatable bonds is 6. The standard InChI is InChI=1S/C23H20FN3O/c24-22-4-2-1-3-21(22)16-28-26-23(15-27-14-13-25-17-27)20-11-9-19(10-12-20)8-7-18-5-6-18/h1-4,9-14,17-18H,5-6,15-16H2/b26-23+. The van der Waals surface area contributed by atoms with E-state index in [1.54, 1.807) is 30.7 Å². The summed E-state index contributed by atoms with van der Waals surface area (Å²) in [6.07, 6.45) is 7.73. The second-order valence-electron chi connectivity index (χ2n) is 6.76. The maximum Gasteiger partial charge on any atom is 0.145 e. The molecule has 0 bridgehead atoms. The Labute approximate surface area is 163 Å². The van der Waals surface area contributed by atoms with Crippen molar-refractivity contribution < 1.29 is 9.23 Å². The molecular formula is C23H20FN3O. The molecule has 0 amide bonds. The molecule has 0 atom stereocenters. The molecule has 4 nitrogen and oxygen atoms in total. The summed E-state index contributed by atoms with van der Waals surface area (Å²) in [6, 6.07) is 14.5. The summed E-state index contributed by atoms with van der Waals surface area (Å²) in [7, 11) is 0. The lowest BCUT2D eigenvalue weighted by Gasteiger charge is -2.09. The van der Waals surface area contributed by atoms with Gasteiger partial charge >= 0.3 is 0 Å². The Bertz CT molecular complexity index is 1010. The lowest BCUT2D eigenvalue weighted by molar-refractivity contribution is 0.127. The van der Waals surface area contributed by atoms with E-state index in [0.29, 0.717) is 18.0 Å². The van der Waals surface area contributed by atoms with Gasteiger partial charge in [-0.15, -0.1) is 0 Å². The number of nitrogens with zero attached hydrogens (tertiary/aromatic N) is 3.